The average Bonchev–Trinajstić information content (AvgIpc) is 3.02. The van der Waals surface area contributed by atoms with Gasteiger partial charge >= 0.3 is 0 Å². The number of amides is 1. The van der Waals surface area contributed by atoms with E-state index >= 15 is 0 Å². The molecule has 0 N–H and O–H groups in total. The molecule has 0 aliphatic carbocycles. The van der Waals surface area contributed by atoms with Crippen molar-refractivity contribution >= 4 is 51.9 Å². The predicted molar refractivity (Wildman–Crippen MR) is 127 cm³/mol. The van der Waals surface area contributed by atoms with E-state index in [4.69, 9.17) is 28.6 Å². The van der Waals surface area contributed by atoms with Crippen molar-refractivity contribution < 1.29 is 13.9 Å². The lowest BCUT2D eigenvalue weighted by Gasteiger charge is -2.14. The van der Waals surface area contributed by atoms with Gasteiger partial charge in [-0.15, -0.1) is 0 Å². The highest BCUT2D eigenvalue weighted by Crippen LogP contribution is 2.35. The first kappa shape index (κ1) is 21.6. The third-order valence-electron chi connectivity index (χ3n) is 4.70. The molecular formula is C24H17ClFNO2S2. The first-order valence-corrected chi connectivity index (χ1v) is 11.1. The van der Waals surface area contributed by atoms with Gasteiger partial charge < -0.3 is 4.74 Å². The fraction of sp³-hybridized carbons (Fsp3) is 0.0833. The summed E-state index contributed by atoms with van der Waals surface area (Å²) in [6, 6.07) is 21.5. The third kappa shape index (κ3) is 4.98. The normalized spacial score (nSPS) is 15.0. The van der Waals surface area contributed by atoms with Crippen LogP contribution in [0.2, 0.25) is 5.02 Å². The van der Waals surface area contributed by atoms with E-state index in [-0.39, 0.29) is 18.1 Å². The van der Waals surface area contributed by atoms with E-state index in [1.807, 2.05) is 48.5 Å². The summed E-state index contributed by atoms with van der Waals surface area (Å²) in [6.45, 7) is 0.401. The number of carbonyl (C=O) groups excluding carboxylic acids is 1. The van der Waals surface area contributed by atoms with Gasteiger partial charge in [0.1, 0.15) is 22.5 Å². The van der Waals surface area contributed by atoms with Gasteiger partial charge in [0.15, 0.2) is 0 Å². The Balaban J connectivity index is 1.54. The maximum atomic E-state index is 14.1. The highest BCUT2D eigenvalue weighted by molar-refractivity contribution is 8.26. The van der Waals surface area contributed by atoms with E-state index < -0.39 is 5.82 Å². The predicted octanol–water partition coefficient (Wildman–Crippen LogP) is 6.46. The summed E-state index contributed by atoms with van der Waals surface area (Å²) in [4.78, 5) is 15.0. The molecule has 1 fully saturated rings. The summed E-state index contributed by atoms with van der Waals surface area (Å²) in [7, 11) is 0. The zero-order valence-electron chi connectivity index (χ0n) is 16.3. The maximum absolute atomic E-state index is 14.1. The third-order valence-corrected chi connectivity index (χ3v) is 6.43. The molecule has 7 heteroatoms. The fourth-order valence-corrected chi connectivity index (χ4v) is 4.56. The molecule has 156 valence electrons. The van der Waals surface area contributed by atoms with Crippen molar-refractivity contribution in [3.8, 4) is 5.75 Å². The van der Waals surface area contributed by atoms with Crippen molar-refractivity contribution in [3.05, 3.63) is 105 Å². The van der Waals surface area contributed by atoms with E-state index in [0.717, 1.165) is 5.56 Å². The lowest BCUT2D eigenvalue weighted by molar-refractivity contribution is -0.122. The lowest BCUT2D eigenvalue weighted by atomic mass is 10.1. The zero-order valence-corrected chi connectivity index (χ0v) is 18.6. The van der Waals surface area contributed by atoms with Crippen LogP contribution in [-0.4, -0.2) is 15.1 Å². The number of halogens is 2. The summed E-state index contributed by atoms with van der Waals surface area (Å²) in [5.41, 5.74) is 1.99. The number of carbonyl (C=O) groups is 1. The molecule has 0 aromatic heterocycles. The van der Waals surface area contributed by atoms with E-state index in [2.05, 4.69) is 0 Å². The second-order valence-corrected chi connectivity index (χ2v) is 8.86. The number of hydrogen-bond acceptors (Lipinski definition) is 4. The van der Waals surface area contributed by atoms with Crippen molar-refractivity contribution in [1.29, 1.82) is 0 Å². The summed E-state index contributed by atoms with van der Waals surface area (Å²) < 4.78 is 20.4. The first-order valence-electron chi connectivity index (χ1n) is 9.47. The quantitative estimate of drug-likeness (QED) is 0.306. The molecule has 4 rings (SSSR count). The van der Waals surface area contributed by atoms with Gasteiger partial charge in [-0.1, -0.05) is 90.2 Å². The molecule has 1 amide bonds. The van der Waals surface area contributed by atoms with Crippen molar-refractivity contribution in [2.24, 2.45) is 0 Å². The van der Waals surface area contributed by atoms with E-state index in [0.29, 0.717) is 32.1 Å². The van der Waals surface area contributed by atoms with Crippen molar-refractivity contribution in [2.75, 3.05) is 0 Å². The topological polar surface area (TPSA) is 29.5 Å². The summed E-state index contributed by atoms with van der Waals surface area (Å²) in [5, 5.41) is 0.305. The molecule has 3 aromatic carbocycles. The Kier molecular flexibility index (Phi) is 6.70. The monoisotopic (exact) mass is 469 g/mol. The molecule has 1 heterocycles. The van der Waals surface area contributed by atoms with Crippen LogP contribution < -0.4 is 4.74 Å². The number of hydrogen-bond donors (Lipinski definition) is 0. The highest BCUT2D eigenvalue weighted by Gasteiger charge is 2.32. The van der Waals surface area contributed by atoms with Gasteiger partial charge in [0.2, 0.25) is 0 Å². The Bertz CT molecular complexity index is 1150. The Morgan fingerprint density at radius 1 is 1.03 bits per heavy atom. The minimum Gasteiger partial charge on any atom is -0.488 e. The van der Waals surface area contributed by atoms with Crippen LogP contribution in [0.25, 0.3) is 6.08 Å². The molecule has 0 unspecified atom stereocenters. The lowest BCUT2D eigenvalue weighted by Crippen LogP contribution is -2.27. The smallest absolute Gasteiger partial charge is 0.266 e. The molecule has 0 radical (unpaired) electrons. The fourth-order valence-electron chi connectivity index (χ4n) is 3.09. The second kappa shape index (κ2) is 9.64. The first-order chi connectivity index (χ1) is 15.0. The molecule has 3 aromatic rings. The van der Waals surface area contributed by atoms with Gasteiger partial charge in [0, 0.05) is 11.1 Å². The Morgan fingerprint density at radius 2 is 1.77 bits per heavy atom. The van der Waals surface area contributed by atoms with Gasteiger partial charge in [-0.25, -0.2) is 4.39 Å². The number of benzene rings is 3. The zero-order chi connectivity index (χ0) is 21.8. The summed E-state index contributed by atoms with van der Waals surface area (Å²) >= 11 is 12.8. The Morgan fingerprint density at radius 3 is 2.55 bits per heavy atom. The van der Waals surface area contributed by atoms with Crippen molar-refractivity contribution in [1.82, 2.24) is 4.90 Å². The van der Waals surface area contributed by atoms with E-state index in [1.165, 1.54) is 17.8 Å². The molecule has 31 heavy (non-hydrogen) atoms. The summed E-state index contributed by atoms with van der Waals surface area (Å²) in [6.07, 6.45) is 1.75. The second-order valence-electron chi connectivity index (χ2n) is 6.78. The number of rotatable bonds is 6. The SMILES string of the molecule is O=C1C(=Cc2ccccc2OCc2c(F)cccc2Cl)SC(=S)N1Cc1ccccc1. The number of para-hydroxylation sites is 1. The average molecular weight is 470 g/mol. The molecule has 1 aliphatic heterocycles. The maximum Gasteiger partial charge on any atom is 0.266 e. The number of thiocarbonyl (C=S) groups is 1. The molecule has 1 aliphatic rings. The van der Waals surface area contributed by atoms with Gasteiger partial charge in [0.25, 0.3) is 5.91 Å². The van der Waals surface area contributed by atoms with E-state index in [9.17, 15) is 9.18 Å². The molecule has 0 spiro atoms. The van der Waals surface area contributed by atoms with Gasteiger partial charge in [-0.05, 0) is 29.8 Å². The molecular weight excluding hydrogens is 453 g/mol. The van der Waals surface area contributed by atoms with Gasteiger partial charge in [-0.2, -0.15) is 0 Å². The van der Waals surface area contributed by atoms with Crippen LogP contribution in [0.15, 0.2) is 77.7 Å². The van der Waals surface area contributed by atoms with Crippen LogP contribution in [0, 0.1) is 5.82 Å². The van der Waals surface area contributed by atoms with Crippen LogP contribution >= 0.6 is 35.6 Å². The van der Waals surface area contributed by atoms with Crippen LogP contribution in [0.1, 0.15) is 16.7 Å². The van der Waals surface area contributed by atoms with Crippen LogP contribution in [-0.2, 0) is 17.9 Å². The van der Waals surface area contributed by atoms with E-state index in [1.54, 1.807) is 29.2 Å². The van der Waals surface area contributed by atoms with Crippen molar-refractivity contribution in [3.63, 3.8) is 0 Å². The minimum absolute atomic E-state index is 0.0225. The van der Waals surface area contributed by atoms with Gasteiger partial charge in [0.05, 0.1) is 16.5 Å². The van der Waals surface area contributed by atoms with Crippen LogP contribution in [0.4, 0.5) is 4.39 Å². The largest absolute Gasteiger partial charge is 0.488 e. The molecule has 3 nitrogen and oxygen atoms in total. The molecule has 0 atom stereocenters. The highest BCUT2D eigenvalue weighted by atomic mass is 35.5. The number of nitrogens with zero attached hydrogens (tertiary/aromatic N) is 1. The van der Waals surface area contributed by atoms with Crippen LogP contribution in [0.3, 0.4) is 0 Å². The Labute approximate surface area is 194 Å². The standard InChI is InChI=1S/C24H17ClFNO2S2/c25-19-10-6-11-20(26)18(19)15-29-21-12-5-4-9-17(21)13-22-23(28)27(24(30)31-22)14-16-7-2-1-3-8-16/h1-13H,14-15H2. The van der Waals surface area contributed by atoms with Crippen LogP contribution in [0.5, 0.6) is 5.75 Å². The molecule has 0 bridgehead atoms. The summed E-state index contributed by atoms with van der Waals surface area (Å²) in [5.74, 6) is -0.0484. The minimum atomic E-state index is -0.424. The molecule has 1 saturated heterocycles. The number of thioether (sulfide) groups is 1. The van der Waals surface area contributed by atoms with Gasteiger partial charge in [-0.3, -0.25) is 9.69 Å². The number of ether oxygens (including phenoxy) is 1. The molecule has 0 saturated carbocycles. The Hall–Kier alpha value is -2.67. The van der Waals surface area contributed by atoms with Crippen molar-refractivity contribution in [2.45, 2.75) is 13.2 Å².